The van der Waals surface area contributed by atoms with E-state index in [0.29, 0.717) is 19.0 Å². The molecule has 0 aliphatic carbocycles. The molecular formula is C14H18F3N3O. The molecule has 2 rings (SSSR count). The van der Waals surface area contributed by atoms with Crippen LogP contribution in [0.2, 0.25) is 0 Å². The number of nitrogens with one attached hydrogen (secondary N) is 1. The highest BCUT2D eigenvalue weighted by Gasteiger charge is 2.32. The normalized spacial score (nSPS) is 19.9. The molecule has 0 aromatic carbocycles. The summed E-state index contributed by atoms with van der Waals surface area (Å²) in [6.07, 6.45) is -2.73. The number of halogens is 3. The van der Waals surface area contributed by atoms with Crippen LogP contribution in [0.4, 0.5) is 19.0 Å². The molecule has 0 amide bonds. The second-order valence-corrected chi connectivity index (χ2v) is 5.15. The molecule has 0 radical (unpaired) electrons. The van der Waals surface area contributed by atoms with Gasteiger partial charge in [-0.1, -0.05) is 6.07 Å². The third kappa shape index (κ3) is 4.27. The number of alkyl halides is 3. The maximum Gasteiger partial charge on any atom is 0.433 e. The summed E-state index contributed by atoms with van der Waals surface area (Å²) in [7, 11) is 0. The Morgan fingerprint density at radius 2 is 2.19 bits per heavy atom. The van der Waals surface area contributed by atoms with Crippen molar-refractivity contribution in [3.8, 4) is 0 Å². The Kier molecular flexibility index (Phi) is 4.59. The average Bonchev–Trinajstić information content (AvgIpc) is 2.59. The van der Waals surface area contributed by atoms with Crippen molar-refractivity contribution in [3.05, 3.63) is 35.3 Å². The maximum absolute atomic E-state index is 12.6. The molecule has 4 nitrogen and oxygen atoms in total. The molecule has 0 bridgehead atoms. The van der Waals surface area contributed by atoms with E-state index in [1.54, 1.807) is 0 Å². The van der Waals surface area contributed by atoms with Gasteiger partial charge in [-0.25, -0.2) is 4.98 Å². The number of allylic oxidation sites excluding steroid dienone is 1. The minimum atomic E-state index is -4.43. The predicted molar refractivity (Wildman–Crippen MR) is 73.3 cm³/mol. The van der Waals surface area contributed by atoms with Crippen molar-refractivity contribution in [1.29, 1.82) is 0 Å². The number of nitrogens with zero attached hydrogens (tertiary/aromatic N) is 1. The third-order valence-electron chi connectivity index (χ3n) is 3.43. The summed E-state index contributed by atoms with van der Waals surface area (Å²) in [6.45, 7) is 2.86. The molecule has 0 saturated carbocycles. The van der Waals surface area contributed by atoms with E-state index in [1.165, 1.54) is 12.1 Å². The number of pyridine rings is 1. The molecule has 7 heteroatoms. The fourth-order valence-electron chi connectivity index (χ4n) is 2.06. The second-order valence-electron chi connectivity index (χ2n) is 5.15. The standard InChI is InChI=1S/C14H18F3N3O/c1-9-5-6-10(8-21-13(9)18)7-19-12-4-2-3-11(20-12)14(15,16)17/h2-4,10H,5-8,18H2,1H3,(H,19,20)/t10-/m0/s1. The smallest absolute Gasteiger partial charge is 0.433 e. The highest BCUT2D eigenvalue weighted by atomic mass is 19.4. The SMILES string of the molecule is CC1=C(N)OC[C@H](CNc2cccc(C(F)(F)F)n2)CC1. The summed E-state index contributed by atoms with van der Waals surface area (Å²) < 4.78 is 43.1. The average molecular weight is 301 g/mol. The maximum atomic E-state index is 12.6. The van der Waals surface area contributed by atoms with E-state index in [-0.39, 0.29) is 11.7 Å². The van der Waals surface area contributed by atoms with Crippen LogP contribution in [0.5, 0.6) is 0 Å². The van der Waals surface area contributed by atoms with Crippen molar-refractivity contribution in [3.63, 3.8) is 0 Å². The lowest BCUT2D eigenvalue weighted by Crippen LogP contribution is -2.20. The van der Waals surface area contributed by atoms with Crippen molar-refractivity contribution in [2.45, 2.75) is 25.9 Å². The monoisotopic (exact) mass is 301 g/mol. The van der Waals surface area contributed by atoms with Gasteiger partial charge in [0.25, 0.3) is 0 Å². The molecule has 21 heavy (non-hydrogen) atoms. The van der Waals surface area contributed by atoms with Crippen molar-refractivity contribution in [2.75, 3.05) is 18.5 Å². The number of hydrogen-bond donors (Lipinski definition) is 2. The first-order valence-corrected chi connectivity index (χ1v) is 6.72. The van der Waals surface area contributed by atoms with Gasteiger partial charge in [-0.3, -0.25) is 0 Å². The number of hydrogen-bond acceptors (Lipinski definition) is 4. The van der Waals surface area contributed by atoms with Gasteiger partial charge in [0.05, 0.1) is 6.61 Å². The van der Waals surface area contributed by atoms with Crippen molar-refractivity contribution in [1.82, 2.24) is 4.98 Å². The van der Waals surface area contributed by atoms with E-state index in [2.05, 4.69) is 10.3 Å². The van der Waals surface area contributed by atoms with Crippen LogP contribution >= 0.6 is 0 Å². The van der Waals surface area contributed by atoms with E-state index in [9.17, 15) is 13.2 Å². The van der Waals surface area contributed by atoms with Crippen LogP contribution in [-0.4, -0.2) is 18.1 Å². The Morgan fingerprint density at radius 1 is 1.43 bits per heavy atom. The van der Waals surface area contributed by atoms with Crippen LogP contribution in [-0.2, 0) is 10.9 Å². The van der Waals surface area contributed by atoms with E-state index >= 15 is 0 Å². The number of anilines is 1. The molecule has 1 aromatic rings. The quantitative estimate of drug-likeness (QED) is 0.900. The molecule has 3 N–H and O–H groups in total. The minimum absolute atomic E-state index is 0.178. The molecule has 1 aliphatic heterocycles. The van der Waals surface area contributed by atoms with Crippen LogP contribution < -0.4 is 11.1 Å². The first-order chi connectivity index (χ1) is 9.86. The van der Waals surface area contributed by atoms with Crippen LogP contribution in [0, 0.1) is 5.92 Å². The Labute approximate surface area is 121 Å². The van der Waals surface area contributed by atoms with Gasteiger partial charge in [-0.2, -0.15) is 13.2 Å². The fourth-order valence-corrected chi connectivity index (χ4v) is 2.06. The van der Waals surface area contributed by atoms with E-state index in [4.69, 9.17) is 10.5 Å². The zero-order valence-electron chi connectivity index (χ0n) is 11.7. The minimum Gasteiger partial charge on any atom is -0.479 e. The van der Waals surface area contributed by atoms with Crippen molar-refractivity contribution < 1.29 is 17.9 Å². The molecule has 1 aliphatic rings. The van der Waals surface area contributed by atoms with Gasteiger partial charge in [0.2, 0.25) is 0 Å². The molecule has 0 saturated heterocycles. The number of ether oxygens (including phenoxy) is 1. The molecular weight excluding hydrogens is 283 g/mol. The third-order valence-corrected chi connectivity index (χ3v) is 3.43. The van der Waals surface area contributed by atoms with E-state index < -0.39 is 11.9 Å². The van der Waals surface area contributed by atoms with Crippen molar-refractivity contribution >= 4 is 5.82 Å². The lowest BCUT2D eigenvalue weighted by Gasteiger charge is -2.16. The molecule has 2 heterocycles. The molecule has 0 unspecified atom stereocenters. The number of nitrogens with two attached hydrogens (primary N) is 1. The van der Waals surface area contributed by atoms with Crippen LogP contribution in [0.15, 0.2) is 29.7 Å². The Balaban J connectivity index is 1.92. The summed E-state index contributed by atoms with van der Waals surface area (Å²) in [6, 6.07) is 3.81. The highest BCUT2D eigenvalue weighted by Crippen LogP contribution is 2.28. The molecule has 0 spiro atoms. The second kappa shape index (κ2) is 6.24. The fraction of sp³-hybridized carbons (Fsp3) is 0.500. The zero-order chi connectivity index (χ0) is 15.5. The molecule has 0 fully saturated rings. The molecule has 116 valence electrons. The molecule has 1 aromatic heterocycles. The summed E-state index contributed by atoms with van der Waals surface area (Å²) in [4.78, 5) is 3.57. The van der Waals surface area contributed by atoms with Gasteiger partial charge >= 0.3 is 6.18 Å². The first kappa shape index (κ1) is 15.5. The van der Waals surface area contributed by atoms with E-state index in [1.807, 2.05) is 6.92 Å². The largest absolute Gasteiger partial charge is 0.479 e. The van der Waals surface area contributed by atoms with Crippen molar-refractivity contribution in [2.24, 2.45) is 11.7 Å². The number of aromatic nitrogens is 1. The first-order valence-electron chi connectivity index (χ1n) is 6.72. The Hall–Kier alpha value is -1.92. The summed E-state index contributed by atoms with van der Waals surface area (Å²) in [5.41, 5.74) is 5.83. The van der Waals surface area contributed by atoms with Gasteiger partial charge in [-0.15, -0.1) is 0 Å². The Morgan fingerprint density at radius 3 is 2.90 bits per heavy atom. The van der Waals surface area contributed by atoms with E-state index in [0.717, 1.165) is 24.5 Å². The summed E-state index contributed by atoms with van der Waals surface area (Å²) >= 11 is 0. The topological polar surface area (TPSA) is 60.2 Å². The van der Waals surface area contributed by atoms with Gasteiger partial charge in [0.1, 0.15) is 11.5 Å². The predicted octanol–water partition coefficient (Wildman–Crippen LogP) is 3.13. The van der Waals surface area contributed by atoms with Gasteiger partial charge in [-0.05, 0) is 37.5 Å². The van der Waals surface area contributed by atoms with Gasteiger partial charge in [0, 0.05) is 12.5 Å². The summed E-state index contributed by atoms with van der Waals surface area (Å²) in [5, 5.41) is 2.93. The molecule has 1 atom stereocenters. The van der Waals surface area contributed by atoms with Gasteiger partial charge < -0.3 is 15.8 Å². The van der Waals surface area contributed by atoms with Gasteiger partial charge in [0.15, 0.2) is 5.88 Å². The lowest BCUT2D eigenvalue weighted by atomic mass is 10.0. The zero-order valence-corrected chi connectivity index (χ0v) is 11.7. The van der Waals surface area contributed by atoms with Crippen LogP contribution in [0.25, 0.3) is 0 Å². The summed E-state index contributed by atoms with van der Waals surface area (Å²) in [5.74, 6) is 0.846. The van der Waals surface area contributed by atoms with Crippen LogP contribution in [0.1, 0.15) is 25.5 Å². The lowest BCUT2D eigenvalue weighted by molar-refractivity contribution is -0.141. The van der Waals surface area contributed by atoms with Crippen LogP contribution in [0.3, 0.4) is 0 Å². The highest BCUT2D eigenvalue weighted by molar-refractivity contribution is 5.36. The number of rotatable bonds is 3. The Bertz CT molecular complexity index is 512.